The first-order valence-corrected chi connectivity index (χ1v) is 4.75. The molecule has 0 saturated carbocycles. The number of nitrogens with two attached hydrogens (primary N) is 1. The lowest BCUT2D eigenvalue weighted by molar-refractivity contribution is -0.135. The van der Waals surface area contributed by atoms with Gasteiger partial charge in [-0.15, -0.1) is 0 Å². The molecule has 1 aliphatic rings. The van der Waals surface area contributed by atoms with Crippen LogP contribution in [0.5, 0.6) is 0 Å². The molecule has 0 fully saturated rings. The first-order valence-electron chi connectivity index (χ1n) is 4.75. The maximum atomic E-state index is 10.4. The third kappa shape index (κ3) is 1.51. The highest BCUT2D eigenvalue weighted by molar-refractivity contribution is 5.41. The summed E-state index contributed by atoms with van der Waals surface area (Å²) in [6.45, 7) is 0.479. The minimum absolute atomic E-state index is 0.0740. The van der Waals surface area contributed by atoms with Crippen molar-refractivity contribution in [3.05, 3.63) is 35.4 Å². The number of rotatable bonds is 2. The van der Waals surface area contributed by atoms with Crippen LogP contribution in [0, 0.1) is 0 Å². The second-order valence-electron chi connectivity index (χ2n) is 3.55. The minimum atomic E-state index is -0.266. The van der Waals surface area contributed by atoms with Gasteiger partial charge in [0, 0.05) is 6.04 Å². The van der Waals surface area contributed by atoms with Gasteiger partial charge in [-0.05, 0) is 24.0 Å². The van der Waals surface area contributed by atoms with Gasteiger partial charge in [-0.1, -0.05) is 24.3 Å². The lowest BCUT2D eigenvalue weighted by Crippen LogP contribution is -2.34. The molecule has 0 spiro atoms. The molecule has 0 radical (unpaired) electrons. The molecule has 14 heavy (non-hydrogen) atoms. The van der Waals surface area contributed by atoms with Gasteiger partial charge in [0.05, 0.1) is 0 Å². The normalized spacial score (nSPS) is 25.2. The molecule has 0 amide bonds. The Kier molecular flexibility index (Phi) is 2.50. The number of fused-ring (bicyclic) bond motifs is 1. The number of hydrogen-bond acceptors (Lipinski definition) is 3. The highest BCUT2D eigenvalue weighted by Crippen LogP contribution is 2.30. The average Bonchev–Trinajstić information content (AvgIpc) is 2.23. The number of carbonyl (C=O) groups excluding carboxylic acids is 1. The van der Waals surface area contributed by atoms with Crippen molar-refractivity contribution in [2.75, 3.05) is 0 Å². The van der Waals surface area contributed by atoms with Crippen molar-refractivity contribution in [1.82, 2.24) is 0 Å². The van der Waals surface area contributed by atoms with Gasteiger partial charge in [0.2, 0.25) is 0 Å². The van der Waals surface area contributed by atoms with E-state index in [-0.39, 0.29) is 12.1 Å². The van der Waals surface area contributed by atoms with E-state index < -0.39 is 0 Å². The zero-order valence-electron chi connectivity index (χ0n) is 7.85. The van der Waals surface area contributed by atoms with Crippen LogP contribution < -0.4 is 5.73 Å². The Morgan fingerprint density at radius 1 is 1.43 bits per heavy atom. The predicted octanol–water partition coefficient (Wildman–Crippen LogP) is 1.17. The fraction of sp³-hybridized carbons (Fsp3) is 0.364. The third-order valence-electron chi connectivity index (χ3n) is 2.70. The fourth-order valence-corrected chi connectivity index (χ4v) is 1.98. The second-order valence-corrected chi connectivity index (χ2v) is 3.55. The Morgan fingerprint density at radius 2 is 2.21 bits per heavy atom. The summed E-state index contributed by atoms with van der Waals surface area (Å²) < 4.78 is 5.02. The van der Waals surface area contributed by atoms with Gasteiger partial charge in [0.15, 0.2) is 0 Å². The van der Waals surface area contributed by atoms with Crippen molar-refractivity contribution in [2.24, 2.45) is 5.73 Å². The van der Waals surface area contributed by atoms with Gasteiger partial charge in [0.1, 0.15) is 6.10 Å². The molecule has 0 aromatic heterocycles. The van der Waals surface area contributed by atoms with Crippen molar-refractivity contribution in [1.29, 1.82) is 0 Å². The Bertz CT molecular complexity index is 338. The molecule has 2 atom stereocenters. The first kappa shape index (κ1) is 9.21. The molecule has 0 aliphatic heterocycles. The molecule has 2 N–H and O–H groups in total. The van der Waals surface area contributed by atoms with Crippen LogP contribution in [0.3, 0.4) is 0 Å². The molecule has 2 rings (SSSR count). The van der Waals surface area contributed by atoms with Crippen LogP contribution in [-0.2, 0) is 16.0 Å². The molecule has 1 aromatic carbocycles. The SMILES string of the molecule is NC1CCc2ccccc2C1OC=O. The number of ether oxygens (including phenoxy) is 1. The van der Waals surface area contributed by atoms with Crippen LogP contribution in [0.15, 0.2) is 24.3 Å². The summed E-state index contributed by atoms with van der Waals surface area (Å²) in [7, 11) is 0. The Hall–Kier alpha value is -1.35. The van der Waals surface area contributed by atoms with Crippen LogP contribution in [0.2, 0.25) is 0 Å². The van der Waals surface area contributed by atoms with Gasteiger partial charge in [-0.3, -0.25) is 4.79 Å². The molecule has 0 bridgehead atoms. The van der Waals surface area contributed by atoms with Crippen LogP contribution in [-0.4, -0.2) is 12.5 Å². The van der Waals surface area contributed by atoms with Crippen molar-refractivity contribution >= 4 is 6.47 Å². The maximum Gasteiger partial charge on any atom is 0.293 e. The van der Waals surface area contributed by atoms with E-state index in [1.54, 1.807) is 0 Å². The summed E-state index contributed by atoms with van der Waals surface area (Å²) in [6, 6.07) is 7.89. The van der Waals surface area contributed by atoms with Crippen molar-refractivity contribution < 1.29 is 9.53 Å². The van der Waals surface area contributed by atoms with E-state index in [1.807, 2.05) is 18.2 Å². The van der Waals surface area contributed by atoms with E-state index in [1.165, 1.54) is 5.56 Å². The van der Waals surface area contributed by atoms with E-state index in [9.17, 15) is 4.79 Å². The molecular formula is C11H13NO2. The lowest BCUT2D eigenvalue weighted by Gasteiger charge is -2.29. The smallest absolute Gasteiger partial charge is 0.293 e. The molecule has 1 aliphatic carbocycles. The molecule has 1 aromatic rings. The summed E-state index contributed by atoms with van der Waals surface area (Å²) in [6.07, 6.45) is 1.57. The zero-order chi connectivity index (χ0) is 9.97. The van der Waals surface area contributed by atoms with Crippen molar-refractivity contribution in [3.8, 4) is 0 Å². The summed E-state index contributed by atoms with van der Waals surface area (Å²) in [5, 5.41) is 0. The standard InChI is InChI=1S/C11H13NO2/c12-10-6-5-8-3-1-2-4-9(8)11(10)14-7-13/h1-4,7,10-11H,5-6,12H2. The monoisotopic (exact) mass is 191 g/mol. The van der Waals surface area contributed by atoms with E-state index in [2.05, 4.69) is 6.07 Å². The molecule has 0 saturated heterocycles. The van der Waals surface area contributed by atoms with Gasteiger partial charge in [-0.2, -0.15) is 0 Å². The average molecular weight is 191 g/mol. The van der Waals surface area contributed by atoms with E-state index in [0.717, 1.165) is 18.4 Å². The topological polar surface area (TPSA) is 52.3 Å². The highest BCUT2D eigenvalue weighted by Gasteiger charge is 2.27. The summed E-state index contributed by atoms with van der Waals surface area (Å²) in [5.74, 6) is 0. The molecule has 3 heteroatoms. The summed E-state index contributed by atoms with van der Waals surface area (Å²) in [4.78, 5) is 10.4. The van der Waals surface area contributed by atoms with Crippen LogP contribution in [0.1, 0.15) is 23.7 Å². The lowest BCUT2D eigenvalue weighted by atomic mass is 9.86. The molecule has 74 valence electrons. The first-order chi connectivity index (χ1) is 6.83. The Labute approximate surface area is 82.9 Å². The van der Waals surface area contributed by atoms with Gasteiger partial charge in [-0.25, -0.2) is 0 Å². The summed E-state index contributed by atoms with van der Waals surface area (Å²) >= 11 is 0. The quantitative estimate of drug-likeness (QED) is 0.714. The third-order valence-corrected chi connectivity index (χ3v) is 2.70. The predicted molar refractivity (Wildman–Crippen MR) is 52.6 cm³/mol. The summed E-state index contributed by atoms with van der Waals surface area (Å²) in [5.41, 5.74) is 8.19. The van der Waals surface area contributed by atoms with Gasteiger partial charge in [0.25, 0.3) is 6.47 Å². The van der Waals surface area contributed by atoms with Gasteiger partial charge < -0.3 is 10.5 Å². The van der Waals surface area contributed by atoms with Crippen LogP contribution >= 0.6 is 0 Å². The molecule has 0 heterocycles. The van der Waals surface area contributed by atoms with Crippen molar-refractivity contribution in [2.45, 2.75) is 25.0 Å². The minimum Gasteiger partial charge on any atom is -0.458 e. The zero-order valence-corrected chi connectivity index (χ0v) is 7.85. The second kappa shape index (κ2) is 3.80. The maximum absolute atomic E-state index is 10.4. The van der Waals surface area contributed by atoms with E-state index in [4.69, 9.17) is 10.5 Å². The Morgan fingerprint density at radius 3 is 3.00 bits per heavy atom. The number of benzene rings is 1. The van der Waals surface area contributed by atoms with Crippen molar-refractivity contribution in [3.63, 3.8) is 0 Å². The molecular weight excluding hydrogens is 178 g/mol. The fourth-order valence-electron chi connectivity index (χ4n) is 1.98. The molecule has 3 nitrogen and oxygen atoms in total. The van der Waals surface area contributed by atoms with E-state index >= 15 is 0 Å². The number of aryl methyl sites for hydroxylation is 1. The largest absolute Gasteiger partial charge is 0.458 e. The number of hydrogen-bond donors (Lipinski definition) is 1. The van der Waals surface area contributed by atoms with E-state index in [0.29, 0.717) is 6.47 Å². The molecule has 2 unspecified atom stereocenters. The Balaban J connectivity index is 2.35. The number of carbonyl (C=O) groups is 1. The van der Waals surface area contributed by atoms with Gasteiger partial charge >= 0.3 is 0 Å². The highest BCUT2D eigenvalue weighted by atomic mass is 16.5. The van der Waals surface area contributed by atoms with Crippen LogP contribution in [0.4, 0.5) is 0 Å². The van der Waals surface area contributed by atoms with Crippen LogP contribution in [0.25, 0.3) is 0 Å².